The van der Waals surface area contributed by atoms with Gasteiger partial charge in [0, 0.05) is 27.2 Å². The number of carbonyl (C=O) groups is 1. The molecule has 0 fully saturated rings. The van der Waals surface area contributed by atoms with E-state index in [0.29, 0.717) is 13.0 Å². The zero-order valence-corrected chi connectivity index (χ0v) is 8.00. The van der Waals surface area contributed by atoms with Crippen LogP contribution in [0.15, 0.2) is 0 Å². The quantitative estimate of drug-likeness (QED) is 0.443. The third-order valence-electron chi connectivity index (χ3n) is 1.61. The van der Waals surface area contributed by atoms with Crippen molar-refractivity contribution in [1.29, 1.82) is 0 Å². The summed E-state index contributed by atoms with van der Waals surface area (Å²) < 4.78 is 4.85. The van der Waals surface area contributed by atoms with Crippen LogP contribution in [0.3, 0.4) is 0 Å². The molecule has 0 aliphatic carbocycles. The Morgan fingerprint density at radius 1 is 1.33 bits per heavy atom. The molecule has 0 rings (SSSR count). The van der Waals surface area contributed by atoms with Gasteiger partial charge in [-0.15, -0.1) is 0 Å². The molecule has 0 aliphatic rings. The van der Waals surface area contributed by atoms with Crippen molar-refractivity contribution in [2.45, 2.75) is 19.3 Å². The molecule has 0 aromatic heterocycles. The maximum absolute atomic E-state index is 11.1. The lowest BCUT2D eigenvalue weighted by Gasteiger charge is -2.12. The summed E-state index contributed by atoms with van der Waals surface area (Å²) >= 11 is 0. The standard InChI is InChI=1S/C8H17NO3/c1-9(12-3)8(10)6-4-5-7-11-2/h4-7H2,1-3H3. The summed E-state index contributed by atoms with van der Waals surface area (Å²) in [5.41, 5.74) is 0. The number of hydroxylamine groups is 2. The zero-order chi connectivity index (χ0) is 9.40. The maximum atomic E-state index is 11.1. The minimum atomic E-state index is 0.00797. The fourth-order valence-corrected chi connectivity index (χ4v) is 0.782. The topological polar surface area (TPSA) is 38.8 Å². The summed E-state index contributed by atoms with van der Waals surface area (Å²) in [6, 6.07) is 0. The first-order valence-electron chi connectivity index (χ1n) is 4.02. The molecule has 0 heterocycles. The summed E-state index contributed by atoms with van der Waals surface area (Å²) in [4.78, 5) is 15.8. The van der Waals surface area contributed by atoms with Crippen LogP contribution in [0.2, 0.25) is 0 Å². The van der Waals surface area contributed by atoms with E-state index < -0.39 is 0 Å². The molecule has 4 heteroatoms. The predicted molar refractivity (Wildman–Crippen MR) is 45.5 cm³/mol. The first-order valence-corrected chi connectivity index (χ1v) is 4.02. The number of carbonyl (C=O) groups excluding carboxylic acids is 1. The van der Waals surface area contributed by atoms with E-state index in [0.717, 1.165) is 12.8 Å². The number of hydrogen-bond donors (Lipinski definition) is 0. The predicted octanol–water partition coefficient (Wildman–Crippen LogP) is 0.823. The van der Waals surface area contributed by atoms with Crippen molar-refractivity contribution in [1.82, 2.24) is 5.06 Å². The van der Waals surface area contributed by atoms with Crippen LogP contribution in [0.4, 0.5) is 0 Å². The van der Waals surface area contributed by atoms with Gasteiger partial charge < -0.3 is 4.74 Å². The third-order valence-corrected chi connectivity index (χ3v) is 1.61. The molecule has 0 aromatic rings. The van der Waals surface area contributed by atoms with E-state index in [2.05, 4.69) is 0 Å². The SMILES string of the molecule is COCCCCC(=O)N(C)OC. The number of methoxy groups -OCH3 is 1. The van der Waals surface area contributed by atoms with Gasteiger partial charge in [0.25, 0.3) is 0 Å². The van der Waals surface area contributed by atoms with E-state index in [1.807, 2.05) is 0 Å². The monoisotopic (exact) mass is 175 g/mol. The molecule has 72 valence electrons. The van der Waals surface area contributed by atoms with Gasteiger partial charge in [-0.05, 0) is 12.8 Å². The highest BCUT2D eigenvalue weighted by atomic mass is 16.7. The molecule has 0 aromatic carbocycles. The van der Waals surface area contributed by atoms with Crippen LogP contribution in [-0.4, -0.2) is 38.8 Å². The average Bonchev–Trinajstić information content (AvgIpc) is 2.10. The van der Waals surface area contributed by atoms with Crippen LogP contribution in [0, 0.1) is 0 Å². The van der Waals surface area contributed by atoms with Crippen LogP contribution in [0.5, 0.6) is 0 Å². The minimum Gasteiger partial charge on any atom is -0.385 e. The number of amides is 1. The molecule has 4 nitrogen and oxygen atoms in total. The Bertz CT molecular complexity index is 127. The van der Waals surface area contributed by atoms with Crippen molar-refractivity contribution in [3.63, 3.8) is 0 Å². The van der Waals surface area contributed by atoms with Crippen LogP contribution in [-0.2, 0) is 14.4 Å². The Morgan fingerprint density at radius 2 is 2.00 bits per heavy atom. The van der Waals surface area contributed by atoms with Crippen LogP contribution in [0.25, 0.3) is 0 Å². The summed E-state index contributed by atoms with van der Waals surface area (Å²) in [7, 11) is 4.74. The number of ether oxygens (including phenoxy) is 1. The molecule has 0 bridgehead atoms. The van der Waals surface area contributed by atoms with Gasteiger partial charge in [-0.3, -0.25) is 9.63 Å². The lowest BCUT2D eigenvalue weighted by Crippen LogP contribution is -2.24. The van der Waals surface area contributed by atoms with E-state index in [1.54, 1.807) is 14.2 Å². The van der Waals surface area contributed by atoms with Crippen molar-refractivity contribution in [2.75, 3.05) is 27.9 Å². The molecule has 1 amide bonds. The second-order valence-electron chi connectivity index (χ2n) is 2.52. The summed E-state index contributed by atoms with van der Waals surface area (Å²) in [6.45, 7) is 0.712. The highest BCUT2D eigenvalue weighted by molar-refractivity contribution is 5.74. The number of hydrogen-bond acceptors (Lipinski definition) is 3. The number of unbranched alkanes of at least 4 members (excludes halogenated alkanes) is 1. The van der Waals surface area contributed by atoms with E-state index in [1.165, 1.54) is 12.2 Å². The van der Waals surface area contributed by atoms with Gasteiger partial charge >= 0.3 is 0 Å². The average molecular weight is 175 g/mol. The summed E-state index contributed by atoms with van der Waals surface area (Å²) in [5.74, 6) is 0.00797. The number of rotatable bonds is 6. The molecule has 0 spiro atoms. The smallest absolute Gasteiger partial charge is 0.245 e. The Hall–Kier alpha value is -0.610. The van der Waals surface area contributed by atoms with Gasteiger partial charge in [0.1, 0.15) is 0 Å². The van der Waals surface area contributed by atoms with Crippen molar-refractivity contribution < 1.29 is 14.4 Å². The fourth-order valence-electron chi connectivity index (χ4n) is 0.782. The fraction of sp³-hybridized carbons (Fsp3) is 0.875. The van der Waals surface area contributed by atoms with Gasteiger partial charge in [0.15, 0.2) is 0 Å². The molecule has 0 unspecified atom stereocenters. The Morgan fingerprint density at radius 3 is 2.50 bits per heavy atom. The molecule has 0 atom stereocenters. The van der Waals surface area contributed by atoms with E-state index in [4.69, 9.17) is 9.57 Å². The second kappa shape index (κ2) is 7.06. The van der Waals surface area contributed by atoms with Crippen molar-refractivity contribution in [3.05, 3.63) is 0 Å². The Kier molecular flexibility index (Phi) is 6.70. The van der Waals surface area contributed by atoms with Gasteiger partial charge in [-0.1, -0.05) is 0 Å². The molecule has 0 radical (unpaired) electrons. The lowest BCUT2D eigenvalue weighted by atomic mass is 10.2. The van der Waals surface area contributed by atoms with E-state index >= 15 is 0 Å². The molecular formula is C8H17NO3. The summed E-state index contributed by atoms with van der Waals surface area (Å²) in [5, 5.41) is 1.24. The molecule has 0 N–H and O–H groups in total. The number of nitrogens with zero attached hydrogens (tertiary/aromatic N) is 1. The van der Waals surface area contributed by atoms with Gasteiger partial charge in [-0.2, -0.15) is 0 Å². The largest absolute Gasteiger partial charge is 0.385 e. The maximum Gasteiger partial charge on any atom is 0.245 e. The normalized spacial score (nSPS) is 9.92. The van der Waals surface area contributed by atoms with Crippen molar-refractivity contribution in [2.24, 2.45) is 0 Å². The first-order chi connectivity index (χ1) is 5.72. The molecule has 0 saturated carbocycles. The Balaban J connectivity index is 3.31. The van der Waals surface area contributed by atoms with E-state index in [-0.39, 0.29) is 5.91 Å². The van der Waals surface area contributed by atoms with Crippen molar-refractivity contribution >= 4 is 5.91 Å². The molecule has 0 aliphatic heterocycles. The minimum absolute atomic E-state index is 0.00797. The zero-order valence-electron chi connectivity index (χ0n) is 8.00. The van der Waals surface area contributed by atoms with Gasteiger partial charge in [0.05, 0.1) is 7.11 Å². The molecule has 0 saturated heterocycles. The van der Waals surface area contributed by atoms with Crippen LogP contribution in [0.1, 0.15) is 19.3 Å². The van der Waals surface area contributed by atoms with Gasteiger partial charge in [0.2, 0.25) is 5.91 Å². The molecular weight excluding hydrogens is 158 g/mol. The third kappa shape index (κ3) is 5.09. The van der Waals surface area contributed by atoms with Gasteiger partial charge in [-0.25, -0.2) is 5.06 Å². The second-order valence-corrected chi connectivity index (χ2v) is 2.52. The van der Waals surface area contributed by atoms with E-state index in [9.17, 15) is 4.79 Å². The first kappa shape index (κ1) is 11.4. The van der Waals surface area contributed by atoms with Crippen LogP contribution < -0.4 is 0 Å². The molecule has 12 heavy (non-hydrogen) atoms. The van der Waals surface area contributed by atoms with Crippen molar-refractivity contribution in [3.8, 4) is 0 Å². The lowest BCUT2D eigenvalue weighted by molar-refractivity contribution is -0.168. The van der Waals surface area contributed by atoms with Crippen LogP contribution >= 0.6 is 0 Å². The highest BCUT2D eigenvalue weighted by Gasteiger charge is 2.05. The Labute approximate surface area is 73.4 Å². The summed E-state index contributed by atoms with van der Waals surface area (Å²) in [6.07, 6.45) is 2.29. The highest BCUT2D eigenvalue weighted by Crippen LogP contribution is 1.99.